The highest BCUT2D eigenvalue weighted by atomic mass is 16.4. The van der Waals surface area contributed by atoms with Crippen molar-refractivity contribution in [2.45, 2.75) is 32.0 Å². The van der Waals surface area contributed by atoms with Crippen LogP contribution in [-0.2, 0) is 0 Å². The quantitative estimate of drug-likeness (QED) is 0.942. The summed E-state index contributed by atoms with van der Waals surface area (Å²) in [5, 5.41) is 11.5. The molecule has 1 saturated heterocycles. The number of rotatable bonds is 3. The number of benzene rings is 1. The third-order valence-corrected chi connectivity index (χ3v) is 4.64. The lowest BCUT2D eigenvalue weighted by atomic mass is 10.1. The first-order chi connectivity index (χ1) is 10.0. The average Bonchev–Trinajstić information content (AvgIpc) is 2.88. The minimum absolute atomic E-state index is 0.511. The largest absolute Gasteiger partial charge is 0.458 e. The lowest BCUT2D eigenvalue weighted by Crippen LogP contribution is -2.55. The number of likely N-dealkylation sites (N-methyl/N-ethyl adjacent to an activating group) is 1. The number of hydrogen-bond donors (Lipinski definition) is 1. The Balaban J connectivity index is 1.69. The van der Waals surface area contributed by atoms with Crippen molar-refractivity contribution in [1.29, 1.82) is 0 Å². The van der Waals surface area contributed by atoms with Crippen LogP contribution < -0.4 is 0 Å². The Morgan fingerprint density at radius 3 is 2.57 bits per heavy atom. The normalized spacial score (nSPS) is 26.3. The molecule has 2 heterocycles. The summed E-state index contributed by atoms with van der Waals surface area (Å²) in [7, 11) is 2.17. The van der Waals surface area contributed by atoms with Crippen molar-refractivity contribution < 1.29 is 9.52 Å². The second-order valence-electron chi connectivity index (χ2n) is 6.28. The number of aliphatic hydroxyl groups excluding tert-OH is 1. The molecule has 1 aromatic carbocycles. The molecule has 4 nitrogen and oxygen atoms in total. The van der Waals surface area contributed by atoms with E-state index < -0.39 is 6.10 Å². The molecule has 0 bridgehead atoms. The van der Waals surface area contributed by atoms with Gasteiger partial charge < -0.3 is 9.52 Å². The van der Waals surface area contributed by atoms with E-state index in [0.29, 0.717) is 24.4 Å². The molecule has 3 rings (SSSR count). The number of fused-ring (bicyclic) bond motifs is 1. The third-order valence-electron chi connectivity index (χ3n) is 4.64. The Kier molecular flexibility index (Phi) is 4.02. The summed E-state index contributed by atoms with van der Waals surface area (Å²) in [6.45, 7) is 7.06. The lowest BCUT2D eigenvalue weighted by Gasteiger charge is -2.42. The molecule has 0 spiro atoms. The van der Waals surface area contributed by atoms with Crippen molar-refractivity contribution in [2.75, 3.05) is 26.7 Å². The number of nitrogens with zero attached hydrogens (tertiary/aromatic N) is 2. The number of β-amino-alcohol motifs (C(OH)–C–C–N with tert-alkyl or cyclic N) is 1. The summed E-state index contributed by atoms with van der Waals surface area (Å²) in [4.78, 5) is 4.72. The molecule has 4 heteroatoms. The Labute approximate surface area is 125 Å². The van der Waals surface area contributed by atoms with E-state index in [1.807, 2.05) is 30.3 Å². The highest BCUT2D eigenvalue weighted by molar-refractivity contribution is 5.77. The summed E-state index contributed by atoms with van der Waals surface area (Å²) in [5.41, 5.74) is 0.840. The first-order valence-corrected chi connectivity index (χ1v) is 7.65. The molecule has 114 valence electrons. The number of para-hydroxylation sites is 1. The number of piperazine rings is 1. The summed E-state index contributed by atoms with van der Waals surface area (Å²) in [6.07, 6.45) is -0.569. The molecule has 0 amide bonds. The smallest absolute Gasteiger partial charge is 0.135 e. The first kappa shape index (κ1) is 14.6. The van der Waals surface area contributed by atoms with Gasteiger partial charge in [-0.3, -0.25) is 9.80 Å². The molecule has 0 radical (unpaired) electrons. The van der Waals surface area contributed by atoms with Gasteiger partial charge in [0.2, 0.25) is 0 Å². The Morgan fingerprint density at radius 2 is 1.90 bits per heavy atom. The van der Waals surface area contributed by atoms with Gasteiger partial charge in [-0.1, -0.05) is 18.2 Å². The van der Waals surface area contributed by atoms with E-state index in [-0.39, 0.29) is 0 Å². The second kappa shape index (κ2) is 5.79. The van der Waals surface area contributed by atoms with E-state index in [1.165, 1.54) is 0 Å². The van der Waals surface area contributed by atoms with Gasteiger partial charge in [0.15, 0.2) is 0 Å². The van der Waals surface area contributed by atoms with Crippen molar-refractivity contribution >= 4 is 11.0 Å². The van der Waals surface area contributed by atoms with Crippen LogP contribution in [0.15, 0.2) is 34.7 Å². The maximum atomic E-state index is 10.5. The Hall–Kier alpha value is -1.36. The third kappa shape index (κ3) is 2.98. The van der Waals surface area contributed by atoms with Crippen LogP contribution in [0.3, 0.4) is 0 Å². The Bertz CT molecular complexity index is 565. The molecule has 21 heavy (non-hydrogen) atoms. The zero-order valence-corrected chi connectivity index (χ0v) is 13.0. The van der Waals surface area contributed by atoms with E-state index in [1.54, 1.807) is 0 Å². The van der Waals surface area contributed by atoms with Crippen LogP contribution in [0.5, 0.6) is 0 Å². The molecule has 0 saturated carbocycles. The minimum atomic E-state index is -0.569. The van der Waals surface area contributed by atoms with Gasteiger partial charge in [0.05, 0.1) is 0 Å². The van der Waals surface area contributed by atoms with Gasteiger partial charge in [0.1, 0.15) is 17.4 Å². The highest BCUT2D eigenvalue weighted by Gasteiger charge is 2.28. The van der Waals surface area contributed by atoms with Gasteiger partial charge in [0, 0.05) is 37.1 Å². The predicted octanol–water partition coefficient (Wildman–Crippen LogP) is 2.49. The molecule has 3 unspecified atom stereocenters. The molecule has 1 fully saturated rings. The molecule has 3 atom stereocenters. The van der Waals surface area contributed by atoms with Gasteiger partial charge in [-0.05, 0) is 33.0 Å². The molecule has 1 aromatic heterocycles. The van der Waals surface area contributed by atoms with Crippen LogP contribution in [0, 0.1) is 0 Å². The van der Waals surface area contributed by atoms with Crippen LogP contribution in [0.1, 0.15) is 25.7 Å². The van der Waals surface area contributed by atoms with Crippen molar-refractivity contribution in [3.63, 3.8) is 0 Å². The summed E-state index contributed by atoms with van der Waals surface area (Å²) < 4.78 is 5.76. The van der Waals surface area contributed by atoms with Crippen LogP contribution in [0.4, 0.5) is 0 Å². The first-order valence-electron chi connectivity index (χ1n) is 7.65. The van der Waals surface area contributed by atoms with Crippen molar-refractivity contribution in [1.82, 2.24) is 9.80 Å². The van der Waals surface area contributed by atoms with Crippen LogP contribution >= 0.6 is 0 Å². The number of hydrogen-bond acceptors (Lipinski definition) is 4. The minimum Gasteiger partial charge on any atom is -0.458 e. The monoisotopic (exact) mass is 288 g/mol. The molecule has 0 aliphatic carbocycles. The van der Waals surface area contributed by atoms with E-state index in [2.05, 4.69) is 30.7 Å². The van der Waals surface area contributed by atoms with Crippen molar-refractivity contribution in [3.05, 3.63) is 36.1 Å². The molecule has 1 aliphatic rings. The van der Waals surface area contributed by atoms with Crippen LogP contribution in [-0.4, -0.2) is 53.7 Å². The fourth-order valence-corrected chi connectivity index (χ4v) is 3.16. The molecule has 1 aliphatic heterocycles. The molecular weight excluding hydrogens is 264 g/mol. The number of aliphatic hydroxyl groups is 1. The van der Waals surface area contributed by atoms with E-state index in [0.717, 1.165) is 24.1 Å². The second-order valence-corrected chi connectivity index (χ2v) is 6.28. The molecule has 1 N–H and O–H groups in total. The summed E-state index contributed by atoms with van der Waals surface area (Å²) >= 11 is 0. The Morgan fingerprint density at radius 1 is 1.24 bits per heavy atom. The van der Waals surface area contributed by atoms with Gasteiger partial charge in [-0.25, -0.2) is 0 Å². The summed E-state index contributed by atoms with van der Waals surface area (Å²) in [5.74, 6) is 0.662. The van der Waals surface area contributed by atoms with Gasteiger partial charge in [0.25, 0.3) is 0 Å². The van der Waals surface area contributed by atoms with Gasteiger partial charge >= 0.3 is 0 Å². The fourth-order valence-electron chi connectivity index (χ4n) is 3.16. The van der Waals surface area contributed by atoms with Crippen LogP contribution in [0.25, 0.3) is 11.0 Å². The fraction of sp³-hybridized carbons (Fsp3) is 0.529. The highest BCUT2D eigenvalue weighted by Crippen LogP contribution is 2.25. The maximum absolute atomic E-state index is 10.5. The predicted molar refractivity (Wildman–Crippen MR) is 84.3 cm³/mol. The van der Waals surface area contributed by atoms with Gasteiger partial charge in [-0.2, -0.15) is 0 Å². The topological polar surface area (TPSA) is 39.9 Å². The van der Waals surface area contributed by atoms with E-state index in [9.17, 15) is 5.11 Å². The SMILES string of the molecule is CC1CN(CC(O)c2cc3ccccc3o2)CC(C)N1C. The van der Waals surface area contributed by atoms with Crippen molar-refractivity contribution in [2.24, 2.45) is 0 Å². The lowest BCUT2D eigenvalue weighted by molar-refractivity contribution is 0.0229. The number of furan rings is 1. The van der Waals surface area contributed by atoms with E-state index >= 15 is 0 Å². The van der Waals surface area contributed by atoms with Crippen molar-refractivity contribution in [3.8, 4) is 0 Å². The molecule has 2 aromatic rings. The van der Waals surface area contributed by atoms with Gasteiger partial charge in [-0.15, -0.1) is 0 Å². The molecular formula is C17H24N2O2. The van der Waals surface area contributed by atoms with E-state index in [4.69, 9.17) is 4.42 Å². The zero-order chi connectivity index (χ0) is 15.0. The zero-order valence-electron chi connectivity index (χ0n) is 13.0. The maximum Gasteiger partial charge on any atom is 0.135 e. The summed E-state index contributed by atoms with van der Waals surface area (Å²) in [6, 6.07) is 10.8. The standard InChI is InChI=1S/C17H24N2O2/c1-12-9-19(10-13(2)18(12)3)11-15(20)17-8-14-6-4-5-7-16(14)21-17/h4-8,12-13,15,20H,9-11H2,1-3H3. The van der Waals surface area contributed by atoms with Crippen LogP contribution in [0.2, 0.25) is 0 Å². The average molecular weight is 288 g/mol.